The van der Waals surface area contributed by atoms with E-state index in [-0.39, 0.29) is 18.2 Å². The van der Waals surface area contributed by atoms with E-state index in [2.05, 4.69) is 6.92 Å². The Balaban J connectivity index is 2.46. The van der Waals surface area contributed by atoms with E-state index >= 15 is 0 Å². The zero-order valence-corrected chi connectivity index (χ0v) is 12.6. The molecule has 5 heteroatoms. The van der Waals surface area contributed by atoms with E-state index in [0.717, 1.165) is 19.3 Å². The van der Waals surface area contributed by atoms with Crippen molar-refractivity contribution in [1.82, 2.24) is 4.90 Å². The van der Waals surface area contributed by atoms with E-state index < -0.39 is 5.60 Å². The van der Waals surface area contributed by atoms with Crippen LogP contribution in [0.3, 0.4) is 0 Å². The molecule has 2 atom stereocenters. The maximum atomic E-state index is 12.0. The van der Waals surface area contributed by atoms with Crippen molar-refractivity contribution in [3.05, 3.63) is 0 Å². The molecule has 1 aliphatic rings. The Morgan fingerprint density at radius 1 is 1.42 bits per heavy atom. The van der Waals surface area contributed by atoms with Crippen LogP contribution in [0.2, 0.25) is 0 Å². The minimum atomic E-state index is -0.463. The second-order valence-corrected chi connectivity index (χ2v) is 6.14. The first-order chi connectivity index (χ1) is 8.83. The number of rotatable bonds is 4. The summed E-state index contributed by atoms with van der Waals surface area (Å²) in [5, 5.41) is 0. The number of nitrogens with two attached hydrogens (primary N) is 1. The van der Waals surface area contributed by atoms with E-state index in [4.69, 9.17) is 15.2 Å². The summed E-state index contributed by atoms with van der Waals surface area (Å²) in [6.07, 6.45) is 2.53. The van der Waals surface area contributed by atoms with Crippen LogP contribution in [0.5, 0.6) is 0 Å². The first-order valence-corrected chi connectivity index (χ1v) is 7.18. The van der Waals surface area contributed by atoms with Crippen molar-refractivity contribution in [2.24, 2.45) is 5.73 Å². The first kappa shape index (κ1) is 16.2. The van der Waals surface area contributed by atoms with Gasteiger partial charge in [0.25, 0.3) is 0 Å². The van der Waals surface area contributed by atoms with Gasteiger partial charge in [-0.2, -0.15) is 0 Å². The largest absolute Gasteiger partial charge is 0.444 e. The lowest BCUT2D eigenvalue weighted by Crippen LogP contribution is -2.54. The molecule has 0 aromatic heterocycles. The van der Waals surface area contributed by atoms with Gasteiger partial charge in [-0.15, -0.1) is 0 Å². The van der Waals surface area contributed by atoms with Gasteiger partial charge in [-0.1, -0.05) is 13.3 Å². The van der Waals surface area contributed by atoms with Gasteiger partial charge in [0.2, 0.25) is 0 Å². The number of hydrogen-bond acceptors (Lipinski definition) is 4. The summed E-state index contributed by atoms with van der Waals surface area (Å²) in [4.78, 5) is 13.7. The van der Waals surface area contributed by atoms with E-state index in [1.165, 1.54) is 0 Å². The summed E-state index contributed by atoms with van der Waals surface area (Å²) in [5.74, 6) is 0. The molecule has 0 spiro atoms. The molecule has 0 bridgehead atoms. The fourth-order valence-electron chi connectivity index (χ4n) is 1.98. The molecule has 0 radical (unpaired) electrons. The van der Waals surface area contributed by atoms with Crippen LogP contribution in [0.15, 0.2) is 0 Å². The lowest BCUT2D eigenvalue weighted by atomic mass is 10.0. The maximum Gasteiger partial charge on any atom is 0.410 e. The number of likely N-dealkylation sites (tertiary alicyclic amines) is 1. The maximum absolute atomic E-state index is 12.0. The minimum Gasteiger partial charge on any atom is -0.444 e. The average Bonchev–Trinajstić information content (AvgIpc) is 2.29. The minimum absolute atomic E-state index is 0.00976. The van der Waals surface area contributed by atoms with Crippen LogP contribution in [-0.4, -0.2) is 48.4 Å². The van der Waals surface area contributed by atoms with Crippen LogP contribution in [0, 0.1) is 0 Å². The predicted molar refractivity (Wildman–Crippen MR) is 75.0 cm³/mol. The molecule has 1 heterocycles. The first-order valence-electron chi connectivity index (χ1n) is 7.18. The molecule has 0 aromatic rings. The quantitative estimate of drug-likeness (QED) is 0.796. The van der Waals surface area contributed by atoms with Gasteiger partial charge in [0.1, 0.15) is 5.60 Å². The molecule has 0 unspecified atom stereocenters. The van der Waals surface area contributed by atoms with E-state index in [1.54, 1.807) is 4.90 Å². The molecule has 0 aliphatic carbocycles. The van der Waals surface area contributed by atoms with Gasteiger partial charge >= 0.3 is 6.09 Å². The van der Waals surface area contributed by atoms with Crippen LogP contribution in [0.1, 0.15) is 47.0 Å². The Labute approximate surface area is 116 Å². The lowest BCUT2D eigenvalue weighted by molar-refractivity contribution is -0.0288. The van der Waals surface area contributed by atoms with Gasteiger partial charge in [-0.3, -0.25) is 0 Å². The fraction of sp³-hybridized carbons (Fsp3) is 0.929. The molecular weight excluding hydrogens is 244 g/mol. The number of nitrogens with zero attached hydrogens (tertiary/aromatic N) is 1. The highest BCUT2D eigenvalue weighted by molar-refractivity contribution is 5.68. The van der Waals surface area contributed by atoms with Gasteiger partial charge in [-0.05, 0) is 33.6 Å². The number of hydrogen-bond donors (Lipinski definition) is 1. The van der Waals surface area contributed by atoms with Crippen LogP contribution in [0.4, 0.5) is 4.79 Å². The average molecular weight is 272 g/mol. The second-order valence-electron chi connectivity index (χ2n) is 6.14. The molecule has 0 saturated carbocycles. The summed E-state index contributed by atoms with van der Waals surface area (Å²) in [6.45, 7) is 9.61. The monoisotopic (exact) mass is 272 g/mol. The Morgan fingerprint density at radius 2 is 2.11 bits per heavy atom. The molecule has 19 heavy (non-hydrogen) atoms. The second kappa shape index (κ2) is 7.10. The van der Waals surface area contributed by atoms with Crippen molar-refractivity contribution in [2.45, 2.75) is 64.7 Å². The van der Waals surface area contributed by atoms with Gasteiger partial charge in [-0.25, -0.2) is 4.79 Å². The smallest absolute Gasteiger partial charge is 0.410 e. The Morgan fingerprint density at radius 3 is 2.68 bits per heavy atom. The third-order valence-electron chi connectivity index (χ3n) is 3.09. The van der Waals surface area contributed by atoms with E-state index in [1.807, 2.05) is 20.8 Å². The van der Waals surface area contributed by atoms with Gasteiger partial charge in [0, 0.05) is 19.2 Å². The number of piperidine rings is 1. The number of unbranched alkanes of at least 4 members (excludes halogenated alkanes) is 1. The number of ether oxygens (including phenoxy) is 2. The molecule has 5 nitrogen and oxygen atoms in total. The predicted octanol–water partition coefficient (Wildman–Crippen LogP) is 2.14. The van der Waals surface area contributed by atoms with Crippen molar-refractivity contribution >= 4 is 6.09 Å². The zero-order chi connectivity index (χ0) is 14.5. The summed E-state index contributed by atoms with van der Waals surface area (Å²) in [5.41, 5.74) is 5.58. The van der Waals surface area contributed by atoms with Gasteiger partial charge < -0.3 is 20.1 Å². The lowest BCUT2D eigenvalue weighted by Gasteiger charge is -2.37. The van der Waals surface area contributed by atoms with E-state index in [9.17, 15) is 4.79 Å². The molecule has 112 valence electrons. The van der Waals surface area contributed by atoms with Crippen molar-refractivity contribution in [3.8, 4) is 0 Å². The molecule has 1 amide bonds. The van der Waals surface area contributed by atoms with Crippen molar-refractivity contribution < 1.29 is 14.3 Å². The molecule has 1 saturated heterocycles. The molecule has 1 aliphatic heterocycles. The summed E-state index contributed by atoms with van der Waals surface area (Å²) in [7, 11) is 0. The number of carbonyl (C=O) groups excluding carboxylic acids is 1. The molecule has 1 rings (SSSR count). The molecule has 1 fully saturated rings. The SMILES string of the molecule is CCCCO[C@H]1CN(C(=O)OC(C)(C)C)CC[C@H]1N. The van der Waals surface area contributed by atoms with Crippen LogP contribution < -0.4 is 5.73 Å². The van der Waals surface area contributed by atoms with Crippen LogP contribution in [0.25, 0.3) is 0 Å². The Hall–Kier alpha value is -0.810. The normalized spacial score (nSPS) is 24.4. The molecule has 0 aromatic carbocycles. The van der Waals surface area contributed by atoms with Crippen molar-refractivity contribution in [1.29, 1.82) is 0 Å². The highest BCUT2D eigenvalue weighted by Crippen LogP contribution is 2.17. The third kappa shape index (κ3) is 5.78. The highest BCUT2D eigenvalue weighted by atomic mass is 16.6. The standard InChI is InChI=1S/C14H28N2O3/c1-5-6-9-18-12-10-16(8-7-11(12)15)13(17)19-14(2,3)4/h11-12H,5-10,15H2,1-4H3/t11-,12+/m1/s1. The Kier molecular flexibility index (Phi) is 6.07. The topological polar surface area (TPSA) is 64.8 Å². The Bertz CT molecular complexity index is 289. The van der Waals surface area contributed by atoms with Crippen LogP contribution >= 0.6 is 0 Å². The number of amides is 1. The van der Waals surface area contributed by atoms with Gasteiger partial charge in [0.15, 0.2) is 0 Å². The van der Waals surface area contributed by atoms with Crippen molar-refractivity contribution in [2.75, 3.05) is 19.7 Å². The molecular formula is C14H28N2O3. The fourth-order valence-corrected chi connectivity index (χ4v) is 1.98. The summed E-state index contributed by atoms with van der Waals surface area (Å²) in [6, 6.07) is 0.00976. The third-order valence-corrected chi connectivity index (χ3v) is 3.09. The highest BCUT2D eigenvalue weighted by Gasteiger charge is 2.32. The number of carbonyl (C=O) groups is 1. The summed E-state index contributed by atoms with van der Waals surface area (Å²) >= 11 is 0. The van der Waals surface area contributed by atoms with E-state index in [0.29, 0.717) is 19.7 Å². The van der Waals surface area contributed by atoms with Crippen LogP contribution in [-0.2, 0) is 9.47 Å². The zero-order valence-electron chi connectivity index (χ0n) is 12.6. The van der Waals surface area contributed by atoms with Crippen molar-refractivity contribution in [3.63, 3.8) is 0 Å². The molecule has 2 N–H and O–H groups in total. The summed E-state index contributed by atoms with van der Waals surface area (Å²) < 4.78 is 11.1. The van der Waals surface area contributed by atoms with Gasteiger partial charge in [0.05, 0.1) is 12.6 Å².